The van der Waals surface area contributed by atoms with Gasteiger partial charge in [0.1, 0.15) is 0 Å². The van der Waals surface area contributed by atoms with E-state index in [2.05, 4.69) is 54.0 Å². The molecule has 1 amide bonds. The quantitative estimate of drug-likeness (QED) is 0.654. The maximum Gasteiger partial charge on any atom is 0.237 e. The highest BCUT2D eigenvalue weighted by Gasteiger charge is 2.20. The van der Waals surface area contributed by atoms with Crippen LogP contribution in [0.3, 0.4) is 0 Å². The third-order valence-corrected chi connectivity index (χ3v) is 5.87. The van der Waals surface area contributed by atoms with Gasteiger partial charge in [-0.3, -0.25) is 14.6 Å². The lowest BCUT2D eigenvalue weighted by Gasteiger charge is -2.27. The summed E-state index contributed by atoms with van der Waals surface area (Å²) in [5.41, 5.74) is 4.37. The second-order valence-electron chi connectivity index (χ2n) is 8.52. The lowest BCUT2D eigenvalue weighted by molar-refractivity contribution is -0.133. The molecule has 0 N–H and O–H groups in total. The molecule has 1 fully saturated rings. The van der Waals surface area contributed by atoms with Crippen molar-refractivity contribution >= 4 is 5.91 Å². The molecule has 3 rings (SSSR count). The average molecular weight is 419 g/mol. The Morgan fingerprint density at radius 3 is 2.29 bits per heavy atom. The SMILES string of the molecule is CCCN(Cc1ccc(C)cc1)C(=O)CN1CCCN(Cc2ccc(C#N)cc2)CC1. The first kappa shape index (κ1) is 23.0. The summed E-state index contributed by atoms with van der Waals surface area (Å²) in [6.45, 7) is 10.9. The van der Waals surface area contributed by atoms with E-state index in [9.17, 15) is 4.79 Å². The van der Waals surface area contributed by atoms with Crippen molar-refractivity contribution in [1.29, 1.82) is 5.26 Å². The highest BCUT2D eigenvalue weighted by Crippen LogP contribution is 2.12. The Bertz CT molecular complexity index is 870. The second kappa shape index (κ2) is 11.6. The van der Waals surface area contributed by atoms with Crippen LogP contribution < -0.4 is 0 Å². The van der Waals surface area contributed by atoms with Crippen molar-refractivity contribution in [2.24, 2.45) is 0 Å². The molecule has 1 heterocycles. The summed E-state index contributed by atoms with van der Waals surface area (Å²) in [4.78, 5) is 19.8. The molecule has 5 heteroatoms. The molecular weight excluding hydrogens is 384 g/mol. The van der Waals surface area contributed by atoms with Crippen molar-refractivity contribution in [3.05, 3.63) is 70.8 Å². The Kier molecular flexibility index (Phi) is 8.63. The van der Waals surface area contributed by atoms with E-state index < -0.39 is 0 Å². The van der Waals surface area contributed by atoms with Gasteiger partial charge in [0.25, 0.3) is 0 Å². The molecule has 1 aliphatic rings. The number of benzene rings is 2. The zero-order valence-electron chi connectivity index (χ0n) is 18.9. The van der Waals surface area contributed by atoms with Crippen LogP contribution in [0.5, 0.6) is 0 Å². The Balaban J connectivity index is 1.51. The summed E-state index contributed by atoms with van der Waals surface area (Å²) in [5, 5.41) is 8.96. The Morgan fingerprint density at radius 2 is 1.61 bits per heavy atom. The molecule has 5 nitrogen and oxygen atoms in total. The van der Waals surface area contributed by atoms with Crippen LogP contribution in [0, 0.1) is 18.3 Å². The summed E-state index contributed by atoms with van der Waals surface area (Å²) in [6, 6.07) is 18.5. The van der Waals surface area contributed by atoms with Gasteiger partial charge in [-0.05, 0) is 56.1 Å². The molecule has 0 saturated carbocycles. The van der Waals surface area contributed by atoms with Crippen LogP contribution >= 0.6 is 0 Å². The lowest BCUT2D eigenvalue weighted by atomic mass is 10.1. The first-order chi connectivity index (χ1) is 15.1. The normalized spacial score (nSPS) is 15.3. The highest BCUT2D eigenvalue weighted by atomic mass is 16.2. The molecule has 0 bridgehead atoms. The molecular formula is C26H34N4O. The highest BCUT2D eigenvalue weighted by molar-refractivity contribution is 5.78. The van der Waals surface area contributed by atoms with Gasteiger partial charge in [-0.25, -0.2) is 0 Å². The number of aryl methyl sites for hydroxylation is 1. The van der Waals surface area contributed by atoms with Crippen molar-refractivity contribution < 1.29 is 4.79 Å². The monoisotopic (exact) mass is 418 g/mol. The van der Waals surface area contributed by atoms with E-state index in [0.717, 1.165) is 52.1 Å². The van der Waals surface area contributed by atoms with Gasteiger partial charge in [0.2, 0.25) is 5.91 Å². The predicted molar refractivity (Wildman–Crippen MR) is 124 cm³/mol. The molecule has 1 saturated heterocycles. The Labute approximate surface area is 186 Å². The first-order valence-electron chi connectivity index (χ1n) is 11.3. The fourth-order valence-electron chi connectivity index (χ4n) is 4.05. The Hall–Kier alpha value is -2.68. The van der Waals surface area contributed by atoms with Gasteiger partial charge in [0.05, 0.1) is 18.2 Å². The molecule has 0 spiro atoms. The third kappa shape index (κ3) is 7.20. The van der Waals surface area contributed by atoms with Gasteiger partial charge >= 0.3 is 0 Å². The van der Waals surface area contributed by atoms with Crippen LogP contribution in [0.4, 0.5) is 0 Å². The van der Waals surface area contributed by atoms with E-state index in [1.165, 1.54) is 16.7 Å². The summed E-state index contributed by atoms with van der Waals surface area (Å²) in [5.74, 6) is 0.225. The van der Waals surface area contributed by atoms with E-state index in [1.807, 2.05) is 29.2 Å². The maximum absolute atomic E-state index is 13.1. The van der Waals surface area contributed by atoms with Gasteiger partial charge in [0, 0.05) is 32.7 Å². The second-order valence-corrected chi connectivity index (χ2v) is 8.52. The number of hydrogen-bond donors (Lipinski definition) is 0. The zero-order valence-corrected chi connectivity index (χ0v) is 18.9. The molecule has 0 radical (unpaired) electrons. The number of carbonyl (C=O) groups excluding carboxylic acids is 1. The number of nitriles is 1. The van der Waals surface area contributed by atoms with Crippen LogP contribution in [0.1, 0.15) is 42.0 Å². The van der Waals surface area contributed by atoms with Crippen LogP contribution in [0.25, 0.3) is 0 Å². The molecule has 0 aromatic heterocycles. The summed E-state index contributed by atoms with van der Waals surface area (Å²) in [6.07, 6.45) is 2.03. The molecule has 0 atom stereocenters. The smallest absolute Gasteiger partial charge is 0.237 e. The summed E-state index contributed by atoms with van der Waals surface area (Å²) < 4.78 is 0. The number of amides is 1. The van der Waals surface area contributed by atoms with Gasteiger partial charge < -0.3 is 4.90 Å². The lowest BCUT2D eigenvalue weighted by Crippen LogP contribution is -2.41. The largest absolute Gasteiger partial charge is 0.337 e. The van der Waals surface area contributed by atoms with E-state index in [-0.39, 0.29) is 5.91 Å². The van der Waals surface area contributed by atoms with Gasteiger partial charge in [-0.15, -0.1) is 0 Å². The average Bonchev–Trinajstić information content (AvgIpc) is 3.00. The third-order valence-electron chi connectivity index (χ3n) is 5.87. The van der Waals surface area contributed by atoms with E-state index >= 15 is 0 Å². The minimum absolute atomic E-state index is 0.225. The molecule has 2 aromatic carbocycles. The number of nitrogens with zero attached hydrogens (tertiary/aromatic N) is 4. The summed E-state index contributed by atoms with van der Waals surface area (Å²) >= 11 is 0. The van der Waals surface area contributed by atoms with Crippen LogP contribution in [0.15, 0.2) is 48.5 Å². The van der Waals surface area contributed by atoms with Crippen molar-refractivity contribution in [2.45, 2.75) is 39.8 Å². The minimum Gasteiger partial charge on any atom is -0.337 e. The van der Waals surface area contributed by atoms with Gasteiger partial charge in [-0.2, -0.15) is 5.26 Å². The fraction of sp³-hybridized carbons (Fsp3) is 0.462. The van der Waals surface area contributed by atoms with E-state index in [1.54, 1.807) is 0 Å². The number of hydrogen-bond acceptors (Lipinski definition) is 4. The molecule has 0 unspecified atom stereocenters. The number of carbonyl (C=O) groups is 1. The van der Waals surface area contributed by atoms with Gasteiger partial charge in [-0.1, -0.05) is 48.9 Å². The van der Waals surface area contributed by atoms with Crippen LogP contribution in [-0.2, 0) is 17.9 Å². The van der Waals surface area contributed by atoms with Crippen LogP contribution in [-0.4, -0.2) is 59.9 Å². The van der Waals surface area contributed by atoms with Crippen molar-refractivity contribution in [2.75, 3.05) is 39.3 Å². The topological polar surface area (TPSA) is 50.6 Å². The summed E-state index contributed by atoms with van der Waals surface area (Å²) in [7, 11) is 0. The van der Waals surface area contributed by atoms with Crippen molar-refractivity contribution in [1.82, 2.24) is 14.7 Å². The predicted octanol–water partition coefficient (Wildman–Crippen LogP) is 3.81. The zero-order chi connectivity index (χ0) is 22.1. The molecule has 0 aliphatic carbocycles. The number of rotatable bonds is 8. The minimum atomic E-state index is 0.225. The van der Waals surface area contributed by atoms with Crippen molar-refractivity contribution in [3.8, 4) is 6.07 Å². The standard InChI is InChI=1S/C26H34N4O/c1-3-13-30(20-25-7-5-22(2)6-8-25)26(31)21-29-15-4-14-28(16-17-29)19-24-11-9-23(18-27)10-12-24/h5-12H,3-4,13-17,19-21H2,1-2H3. The van der Waals surface area contributed by atoms with Gasteiger partial charge in [0.15, 0.2) is 0 Å². The van der Waals surface area contributed by atoms with E-state index in [4.69, 9.17) is 5.26 Å². The maximum atomic E-state index is 13.1. The molecule has 1 aliphatic heterocycles. The fourth-order valence-corrected chi connectivity index (χ4v) is 4.05. The Morgan fingerprint density at radius 1 is 0.968 bits per heavy atom. The molecule has 2 aromatic rings. The molecule has 164 valence electrons. The van der Waals surface area contributed by atoms with Crippen molar-refractivity contribution in [3.63, 3.8) is 0 Å². The van der Waals surface area contributed by atoms with E-state index in [0.29, 0.717) is 18.7 Å². The van der Waals surface area contributed by atoms with Crippen LogP contribution in [0.2, 0.25) is 0 Å². The molecule has 31 heavy (non-hydrogen) atoms. The first-order valence-corrected chi connectivity index (χ1v) is 11.3.